The maximum absolute atomic E-state index is 12.2. The predicted octanol–water partition coefficient (Wildman–Crippen LogP) is 2.49. The first-order chi connectivity index (χ1) is 12.0. The highest BCUT2D eigenvalue weighted by molar-refractivity contribution is 6.21. The normalized spacial score (nSPS) is 13.5. The Morgan fingerprint density at radius 2 is 1.64 bits per heavy atom. The van der Waals surface area contributed by atoms with E-state index in [1.54, 1.807) is 18.2 Å². The van der Waals surface area contributed by atoms with Gasteiger partial charge in [0.15, 0.2) is 0 Å². The lowest BCUT2D eigenvalue weighted by Crippen LogP contribution is -2.32. The van der Waals surface area contributed by atoms with Gasteiger partial charge in [-0.25, -0.2) is 4.79 Å². The molecule has 2 heterocycles. The minimum absolute atomic E-state index is 0.0567. The van der Waals surface area contributed by atoms with Crippen molar-refractivity contribution in [1.29, 1.82) is 0 Å². The van der Waals surface area contributed by atoms with Crippen LogP contribution in [0.25, 0.3) is 0 Å². The van der Waals surface area contributed by atoms with Gasteiger partial charge >= 0.3 is 5.97 Å². The van der Waals surface area contributed by atoms with Gasteiger partial charge in [0.25, 0.3) is 11.8 Å². The van der Waals surface area contributed by atoms with Gasteiger partial charge < -0.3 is 9.25 Å². The molecule has 2 amide bonds. The molecule has 7 heteroatoms. The van der Waals surface area contributed by atoms with E-state index in [4.69, 9.17) is 9.25 Å². The first-order valence-electron chi connectivity index (χ1n) is 8.06. The second-order valence-electron chi connectivity index (χ2n) is 5.56. The summed E-state index contributed by atoms with van der Waals surface area (Å²) in [6, 6.07) is 9.45. The number of hydrogen-bond acceptors (Lipinski definition) is 6. The van der Waals surface area contributed by atoms with Crippen LogP contribution in [0.2, 0.25) is 0 Å². The molecular formula is C18H18N2O5. The number of carbonyl (C=O) groups is 3. The molecule has 0 aliphatic carbocycles. The lowest BCUT2D eigenvalue weighted by Gasteiger charge is -2.15. The van der Waals surface area contributed by atoms with Crippen molar-refractivity contribution in [3.8, 4) is 0 Å². The number of hydrogen-bond donors (Lipinski definition) is 0. The smallest absolute Gasteiger partial charge is 0.399 e. The van der Waals surface area contributed by atoms with E-state index in [2.05, 4.69) is 4.90 Å². The lowest BCUT2D eigenvalue weighted by molar-refractivity contribution is -0.0604. The van der Waals surface area contributed by atoms with Crippen molar-refractivity contribution in [2.45, 2.75) is 20.4 Å². The molecule has 3 rings (SSSR count). The van der Waals surface area contributed by atoms with Crippen molar-refractivity contribution in [2.24, 2.45) is 0 Å². The van der Waals surface area contributed by atoms with Gasteiger partial charge in [0.05, 0.1) is 17.7 Å². The van der Waals surface area contributed by atoms with Crippen molar-refractivity contribution in [1.82, 2.24) is 9.96 Å². The summed E-state index contributed by atoms with van der Waals surface area (Å²) < 4.78 is 5.47. The van der Waals surface area contributed by atoms with E-state index >= 15 is 0 Å². The number of fused-ring (bicyclic) bond motifs is 1. The summed E-state index contributed by atoms with van der Waals surface area (Å²) in [6.07, 6.45) is 0. The second-order valence-corrected chi connectivity index (χ2v) is 5.56. The minimum atomic E-state index is -0.889. The Kier molecular flexibility index (Phi) is 4.67. The molecule has 7 nitrogen and oxygen atoms in total. The average molecular weight is 342 g/mol. The summed E-state index contributed by atoms with van der Waals surface area (Å²) in [7, 11) is 0. The van der Waals surface area contributed by atoms with Crippen molar-refractivity contribution in [2.75, 3.05) is 13.1 Å². The fourth-order valence-corrected chi connectivity index (χ4v) is 2.62. The van der Waals surface area contributed by atoms with Crippen LogP contribution < -0.4 is 0 Å². The Hall–Kier alpha value is -2.93. The standard InChI is InChI=1S/C18H18N2O5/c1-3-19(4-2)11-12-9-10-15(24-12)18(23)25-20-16(21)13-7-5-6-8-14(13)17(20)22/h5-10H,3-4,11H2,1-2H3. The van der Waals surface area contributed by atoms with Crippen molar-refractivity contribution in [3.05, 3.63) is 59.0 Å². The fraction of sp³-hybridized carbons (Fsp3) is 0.278. The lowest BCUT2D eigenvalue weighted by atomic mass is 10.1. The molecule has 0 spiro atoms. The summed E-state index contributed by atoms with van der Waals surface area (Å²) in [6.45, 7) is 6.33. The highest BCUT2D eigenvalue weighted by Gasteiger charge is 2.39. The molecule has 0 atom stereocenters. The number of benzene rings is 1. The zero-order chi connectivity index (χ0) is 18.0. The molecule has 1 aromatic carbocycles. The molecule has 1 aromatic heterocycles. The fourth-order valence-electron chi connectivity index (χ4n) is 2.62. The highest BCUT2D eigenvalue weighted by Crippen LogP contribution is 2.23. The number of amides is 2. The van der Waals surface area contributed by atoms with Crippen LogP contribution in [0.3, 0.4) is 0 Å². The van der Waals surface area contributed by atoms with E-state index in [0.717, 1.165) is 13.1 Å². The Morgan fingerprint density at radius 3 is 2.20 bits per heavy atom. The molecule has 0 bridgehead atoms. The zero-order valence-electron chi connectivity index (χ0n) is 14.0. The highest BCUT2D eigenvalue weighted by atomic mass is 16.7. The van der Waals surface area contributed by atoms with E-state index in [9.17, 15) is 14.4 Å². The third-order valence-electron chi connectivity index (χ3n) is 4.07. The molecule has 0 fully saturated rings. The summed E-state index contributed by atoms with van der Waals surface area (Å²) in [4.78, 5) is 43.7. The Labute approximate surface area is 144 Å². The Morgan fingerprint density at radius 1 is 1.04 bits per heavy atom. The third-order valence-corrected chi connectivity index (χ3v) is 4.07. The van der Waals surface area contributed by atoms with Crippen LogP contribution in [0.5, 0.6) is 0 Å². The van der Waals surface area contributed by atoms with Crippen LogP contribution in [-0.2, 0) is 11.4 Å². The van der Waals surface area contributed by atoms with E-state index in [0.29, 0.717) is 17.4 Å². The first-order valence-corrected chi connectivity index (χ1v) is 8.06. The van der Waals surface area contributed by atoms with Gasteiger partial charge in [-0.1, -0.05) is 31.0 Å². The van der Waals surface area contributed by atoms with E-state index in [1.165, 1.54) is 18.2 Å². The van der Waals surface area contributed by atoms with Crippen molar-refractivity contribution >= 4 is 17.8 Å². The quantitative estimate of drug-likeness (QED) is 0.750. The molecule has 0 radical (unpaired) electrons. The van der Waals surface area contributed by atoms with E-state index < -0.39 is 17.8 Å². The SMILES string of the molecule is CCN(CC)Cc1ccc(C(=O)ON2C(=O)c3ccccc3C2=O)o1. The molecule has 2 aromatic rings. The van der Waals surface area contributed by atoms with Crippen LogP contribution in [0.15, 0.2) is 40.8 Å². The van der Waals surface area contributed by atoms with Crippen LogP contribution in [0.4, 0.5) is 0 Å². The Bertz CT molecular complexity index is 787. The molecule has 0 N–H and O–H groups in total. The number of carbonyl (C=O) groups excluding carboxylic acids is 3. The summed E-state index contributed by atoms with van der Waals surface area (Å²) in [5.41, 5.74) is 0.420. The maximum atomic E-state index is 12.2. The molecule has 0 saturated carbocycles. The monoisotopic (exact) mass is 342 g/mol. The van der Waals surface area contributed by atoms with Gasteiger partial charge in [0.2, 0.25) is 5.76 Å². The molecule has 0 saturated heterocycles. The molecule has 0 unspecified atom stereocenters. The second kappa shape index (κ2) is 6.90. The third kappa shape index (κ3) is 3.18. The number of furan rings is 1. The van der Waals surface area contributed by atoms with Gasteiger partial charge in [-0.15, -0.1) is 0 Å². The molecule has 130 valence electrons. The van der Waals surface area contributed by atoms with Gasteiger partial charge in [-0.2, -0.15) is 0 Å². The molecule has 1 aliphatic rings. The van der Waals surface area contributed by atoms with Crippen LogP contribution in [0.1, 0.15) is 50.9 Å². The summed E-state index contributed by atoms with van der Waals surface area (Å²) in [5.74, 6) is -1.66. The molecule has 1 aliphatic heterocycles. The van der Waals surface area contributed by atoms with Crippen LogP contribution in [0, 0.1) is 0 Å². The minimum Gasteiger partial charge on any atom is -0.453 e. The van der Waals surface area contributed by atoms with E-state index in [1.807, 2.05) is 13.8 Å². The van der Waals surface area contributed by atoms with Gasteiger partial charge in [-0.3, -0.25) is 14.5 Å². The first kappa shape index (κ1) is 16.9. The summed E-state index contributed by atoms with van der Waals surface area (Å²) in [5, 5.41) is 0.472. The van der Waals surface area contributed by atoms with Crippen molar-refractivity contribution < 1.29 is 23.6 Å². The van der Waals surface area contributed by atoms with Crippen LogP contribution in [-0.4, -0.2) is 40.8 Å². The number of rotatable bonds is 6. The predicted molar refractivity (Wildman–Crippen MR) is 87.7 cm³/mol. The summed E-state index contributed by atoms with van der Waals surface area (Å²) >= 11 is 0. The number of hydroxylamine groups is 2. The molecule has 25 heavy (non-hydrogen) atoms. The van der Waals surface area contributed by atoms with Crippen molar-refractivity contribution in [3.63, 3.8) is 0 Å². The largest absolute Gasteiger partial charge is 0.453 e. The van der Waals surface area contributed by atoms with Gasteiger partial charge in [-0.05, 0) is 37.4 Å². The Balaban J connectivity index is 1.70. The number of imide groups is 1. The number of nitrogens with zero attached hydrogens (tertiary/aromatic N) is 2. The van der Waals surface area contributed by atoms with Gasteiger partial charge in [0, 0.05) is 0 Å². The zero-order valence-corrected chi connectivity index (χ0v) is 14.0. The van der Waals surface area contributed by atoms with E-state index in [-0.39, 0.29) is 16.9 Å². The average Bonchev–Trinajstić information content (AvgIpc) is 3.19. The van der Waals surface area contributed by atoms with Crippen LogP contribution >= 0.6 is 0 Å². The molecular weight excluding hydrogens is 324 g/mol. The topological polar surface area (TPSA) is 80.1 Å². The maximum Gasteiger partial charge on any atom is 0.399 e. The van der Waals surface area contributed by atoms with Gasteiger partial charge in [0.1, 0.15) is 5.76 Å².